The molecule has 0 unspecified atom stereocenters. The van der Waals surface area contributed by atoms with Crippen LogP contribution in [0.25, 0.3) is 0 Å². The van der Waals surface area contributed by atoms with Crippen LogP contribution in [-0.2, 0) is 4.79 Å². The molecule has 126 valence electrons. The van der Waals surface area contributed by atoms with Crippen molar-refractivity contribution in [3.63, 3.8) is 0 Å². The molecular formula is C18H21N3O3. The van der Waals surface area contributed by atoms with Gasteiger partial charge in [-0.1, -0.05) is 6.07 Å². The van der Waals surface area contributed by atoms with Crippen LogP contribution in [0.15, 0.2) is 48.5 Å². The van der Waals surface area contributed by atoms with Gasteiger partial charge in [-0.3, -0.25) is 9.59 Å². The lowest BCUT2D eigenvalue weighted by Crippen LogP contribution is -2.22. The van der Waals surface area contributed by atoms with Gasteiger partial charge in [0.2, 0.25) is 5.91 Å². The van der Waals surface area contributed by atoms with Gasteiger partial charge < -0.3 is 20.7 Å². The summed E-state index contributed by atoms with van der Waals surface area (Å²) in [5.74, 6) is 0.398. The molecule has 0 bridgehead atoms. The van der Waals surface area contributed by atoms with Gasteiger partial charge in [-0.05, 0) is 49.4 Å². The first-order valence-electron chi connectivity index (χ1n) is 7.71. The van der Waals surface area contributed by atoms with Gasteiger partial charge in [-0.2, -0.15) is 0 Å². The van der Waals surface area contributed by atoms with E-state index in [1.54, 1.807) is 31.3 Å². The molecule has 0 saturated heterocycles. The quantitative estimate of drug-likeness (QED) is 0.730. The molecule has 0 aliphatic rings. The number of carbonyl (C=O) groups excluding carboxylic acids is 2. The Morgan fingerprint density at radius 2 is 1.79 bits per heavy atom. The molecule has 24 heavy (non-hydrogen) atoms. The first-order chi connectivity index (χ1) is 11.6. The summed E-state index contributed by atoms with van der Waals surface area (Å²) >= 11 is 0. The van der Waals surface area contributed by atoms with Crippen molar-refractivity contribution >= 4 is 23.2 Å². The third-order valence-corrected chi connectivity index (χ3v) is 3.25. The molecule has 0 aliphatic heterocycles. The van der Waals surface area contributed by atoms with Crippen LogP contribution >= 0.6 is 0 Å². The van der Waals surface area contributed by atoms with E-state index in [4.69, 9.17) is 4.74 Å². The first-order valence-corrected chi connectivity index (χ1v) is 7.71. The van der Waals surface area contributed by atoms with E-state index in [1.807, 2.05) is 31.2 Å². The maximum absolute atomic E-state index is 12.0. The lowest BCUT2D eigenvalue weighted by Gasteiger charge is -2.09. The Kier molecular flexibility index (Phi) is 6.19. The molecule has 2 amide bonds. The molecule has 0 heterocycles. The van der Waals surface area contributed by atoms with Crippen molar-refractivity contribution in [2.75, 3.05) is 30.8 Å². The van der Waals surface area contributed by atoms with Gasteiger partial charge in [0.15, 0.2) is 0 Å². The van der Waals surface area contributed by atoms with E-state index in [0.29, 0.717) is 17.9 Å². The average Bonchev–Trinajstić information content (AvgIpc) is 2.61. The lowest BCUT2D eigenvalue weighted by molar-refractivity contribution is -0.114. The average molecular weight is 327 g/mol. The Morgan fingerprint density at radius 1 is 1.04 bits per heavy atom. The van der Waals surface area contributed by atoms with Gasteiger partial charge in [-0.15, -0.1) is 0 Å². The topological polar surface area (TPSA) is 79.5 Å². The summed E-state index contributed by atoms with van der Waals surface area (Å²) in [7, 11) is 1.56. The number of nitrogens with one attached hydrogen (secondary N) is 3. The van der Waals surface area contributed by atoms with Crippen molar-refractivity contribution in [2.45, 2.75) is 6.92 Å². The summed E-state index contributed by atoms with van der Waals surface area (Å²) in [6.07, 6.45) is 0. The van der Waals surface area contributed by atoms with Crippen LogP contribution in [0.5, 0.6) is 5.75 Å². The molecule has 3 N–H and O–H groups in total. The number of amides is 2. The molecule has 6 heteroatoms. The van der Waals surface area contributed by atoms with E-state index < -0.39 is 0 Å². The van der Waals surface area contributed by atoms with E-state index >= 15 is 0 Å². The second-order valence-electron chi connectivity index (χ2n) is 5.02. The Balaban J connectivity index is 1.88. The summed E-state index contributed by atoms with van der Waals surface area (Å²) < 4.78 is 5.37. The highest BCUT2D eigenvalue weighted by molar-refractivity contribution is 5.97. The van der Waals surface area contributed by atoms with Crippen molar-refractivity contribution in [2.24, 2.45) is 0 Å². The Bertz CT molecular complexity index is 699. The molecule has 0 aliphatic carbocycles. The molecule has 0 saturated carbocycles. The minimum absolute atomic E-state index is 0.123. The van der Waals surface area contributed by atoms with Gasteiger partial charge in [0.1, 0.15) is 5.75 Å². The zero-order valence-electron chi connectivity index (χ0n) is 13.8. The molecule has 2 aromatic rings. The number of ether oxygens (including phenoxy) is 1. The smallest absolute Gasteiger partial charge is 0.251 e. The zero-order valence-corrected chi connectivity index (χ0v) is 13.8. The minimum atomic E-state index is -0.196. The summed E-state index contributed by atoms with van der Waals surface area (Å²) in [4.78, 5) is 23.6. The monoisotopic (exact) mass is 327 g/mol. The van der Waals surface area contributed by atoms with Gasteiger partial charge in [-0.25, -0.2) is 0 Å². The van der Waals surface area contributed by atoms with Crippen LogP contribution in [0.4, 0.5) is 11.4 Å². The highest BCUT2D eigenvalue weighted by Crippen LogP contribution is 2.15. The highest BCUT2D eigenvalue weighted by atomic mass is 16.5. The van der Waals surface area contributed by atoms with Crippen LogP contribution in [-0.4, -0.2) is 32.0 Å². The zero-order chi connectivity index (χ0) is 17.4. The van der Waals surface area contributed by atoms with Gasteiger partial charge in [0.25, 0.3) is 5.91 Å². The van der Waals surface area contributed by atoms with E-state index in [2.05, 4.69) is 16.0 Å². The molecule has 0 spiro atoms. The van der Waals surface area contributed by atoms with Gasteiger partial charge >= 0.3 is 0 Å². The van der Waals surface area contributed by atoms with Crippen LogP contribution in [0, 0.1) is 0 Å². The third kappa shape index (κ3) is 5.01. The summed E-state index contributed by atoms with van der Waals surface area (Å²) in [6.45, 7) is 2.66. The minimum Gasteiger partial charge on any atom is -0.494 e. The fourth-order valence-electron chi connectivity index (χ4n) is 2.11. The molecule has 2 aromatic carbocycles. The number of rotatable bonds is 7. The number of hydrogen-bond acceptors (Lipinski definition) is 4. The largest absolute Gasteiger partial charge is 0.494 e. The van der Waals surface area contributed by atoms with Crippen molar-refractivity contribution in [3.8, 4) is 5.75 Å². The molecule has 0 aromatic heterocycles. The normalized spacial score (nSPS) is 9.92. The number of benzene rings is 2. The van der Waals surface area contributed by atoms with Crippen molar-refractivity contribution in [1.29, 1.82) is 0 Å². The van der Waals surface area contributed by atoms with Gasteiger partial charge in [0, 0.05) is 24.0 Å². The van der Waals surface area contributed by atoms with Crippen molar-refractivity contribution in [1.82, 2.24) is 5.32 Å². The second kappa shape index (κ2) is 8.57. The Labute approximate surface area is 141 Å². The number of carbonyl (C=O) groups is 2. The Morgan fingerprint density at radius 3 is 2.46 bits per heavy atom. The summed E-state index contributed by atoms with van der Waals surface area (Å²) in [5, 5.41) is 8.34. The van der Waals surface area contributed by atoms with Crippen LogP contribution in [0.3, 0.4) is 0 Å². The third-order valence-electron chi connectivity index (χ3n) is 3.25. The van der Waals surface area contributed by atoms with Gasteiger partial charge in [0.05, 0.1) is 13.2 Å². The maximum atomic E-state index is 12.0. The molecule has 2 rings (SSSR count). The fourth-order valence-corrected chi connectivity index (χ4v) is 2.11. The maximum Gasteiger partial charge on any atom is 0.251 e. The molecule has 0 radical (unpaired) electrons. The predicted octanol–water partition coefficient (Wildman–Crippen LogP) is 2.50. The SMILES string of the molecule is CCOc1ccc(NCC(=O)Nc2cccc(C(=O)NC)c2)cc1. The summed E-state index contributed by atoms with van der Waals surface area (Å²) in [5.41, 5.74) is 1.90. The Hall–Kier alpha value is -3.02. The summed E-state index contributed by atoms with van der Waals surface area (Å²) in [6, 6.07) is 14.2. The van der Waals surface area contributed by atoms with Crippen LogP contribution in [0.2, 0.25) is 0 Å². The van der Waals surface area contributed by atoms with E-state index in [0.717, 1.165) is 11.4 Å². The molecule has 0 atom stereocenters. The number of hydrogen-bond donors (Lipinski definition) is 3. The van der Waals surface area contributed by atoms with E-state index in [-0.39, 0.29) is 18.4 Å². The standard InChI is InChI=1S/C18H21N3O3/c1-3-24-16-9-7-14(8-10-16)20-12-17(22)21-15-6-4-5-13(11-15)18(23)19-2/h4-11,20H,3,12H2,1-2H3,(H,19,23)(H,21,22). The number of anilines is 2. The fraction of sp³-hybridized carbons (Fsp3) is 0.222. The van der Waals surface area contributed by atoms with Crippen molar-refractivity contribution in [3.05, 3.63) is 54.1 Å². The highest BCUT2D eigenvalue weighted by Gasteiger charge is 2.06. The van der Waals surface area contributed by atoms with E-state index in [9.17, 15) is 9.59 Å². The molecule has 0 fully saturated rings. The van der Waals surface area contributed by atoms with Crippen molar-refractivity contribution < 1.29 is 14.3 Å². The molecular weight excluding hydrogens is 306 g/mol. The predicted molar refractivity (Wildman–Crippen MR) is 94.6 cm³/mol. The molecule has 6 nitrogen and oxygen atoms in total. The second-order valence-corrected chi connectivity index (χ2v) is 5.02. The van der Waals surface area contributed by atoms with Crippen LogP contribution < -0.4 is 20.7 Å². The first kappa shape index (κ1) is 17.3. The van der Waals surface area contributed by atoms with Crippen LogP contribution in [0.1, 0.15) is 17.3 Å². The lowest BCUT2D eigenvalue weighted by atomic mass is 10.2. The van der Waals surface area contributed by atoms with E-state index in [1.165, 1.54) is 0 Å².